The quantitative estimate of drug-likeness (QED) is 0.315. The number of carbonyl (C=O) groups excluding carboxylic acids is 1. The number of carbonyl (C=O) groups is 1. The van der Waals surface area contributed by atoms with Gasteiger partial charge in [0.25, 0.3) is 5.91 Å². The third-order valence-corrected chi connectivity index (χ3v) is 2.47. The molecule has 1 amide bonds. The Labute approximate surface area is 91.6 Å². The zero-order valence-corrected chi connectivity index (χ0v) is 9.86. The minimum Gasteiger partial charge on any atom is -0.396 e. The maximum atomic E-state index is 11.5. The fraction of sp³-hybridized carbons (Fsp3) is 0.900. The average molecular weight is 217 g/mol. The van der Waals surface area contributed by atoms with E-state index in [0.717, 1.165) is 0 Å². The first-order valence-electron chi connectivity index (χ1n) is 5.45. The highest BCUT2D eigenvalue weighted by molar-refractivity contribution is 5.81. The summed E-state index contributed by atoms with van der Waals surface area (Å²) < 4.78 is 0. The van der Waals surface area contributed by atoms with Crippen molar-refractivity contribution in [2.75, 3.05) is 13.2 Å². The van der Waals surface area contributed by atoms with Gasteiger partial charge in [-0.15, -0.1) is 0 Å². The van der Waals surface area contributed by atoms with Crippen LogP contribution in [0.3, 0.4) is 0 Å². The molecule has 0 rings (SSSR count). The molecule has 1 atom stereocenters. The molecule has 0 heterocycles. The lowest BCUT2D eigenvalue weighted by atomic mass is 10.1. The van der Waals surface area contributed by atoms with Gasteiger partial charge in [0.2, 0.25) is 0 Å². The lowest BCUT2D eigenvalue weighted by Crippen LogP contribution is -2.51. The second-order valence-electron chi connectivity index (χ2n) is 3.84. The molecule has 0 spiro atoms. The summed E-state index contributed by atoms with van der Waals surface area (Å²) in [6.45, 7) is 6.87. The van der Waals surface area contributed by atoms with Crippen LogP contribution in [0.5, 0.6) is 0 Å². The molecule has 0 saturated carbocycles. The van der Waals surface area contributed by atoms with Gasteiger partial charge in [-0.05, 0) is 26.7 Å². The zero-order valence-electron chi connectivity index (χ0n) is 9.86. The SMILES string of the molecule is CCC(C(=O)NN)N(CCCO)C(C)C. The second kappa shape index (κ2) is 7.62. The van der Waals surface area contributed by atoms with E-state index in [4.69, 9.17) is 10.9 Å². The Bertz CT molecular complexity index is 186. The fourth-order valence-corrected chi connectivity index (χ4v) is 1.69. The Balaban J connectivity index is 4.47. The van der Waals surface area contributed by atoms with Crippen molar-refractivity contribution >= 4 is 5.91 Å². The topological polar surface area (TPSA) is 78.6 Å². The zero-order chi connectivity index (χ0) is 11.8. The van der Waals surface area contributed by atoms with Gasteiger partial charge in [0.1, 0.15) is 0 Å². The number of hydrazine groups is 1. The van der Waals surface area contributed by atoms with Crippen molar-refractivity contribution < 1.29 is 9.90 Å². The van der Waals surface area contributed by atoms with Crippen LogP contribution in [0.15, 0.2) is 0 Å². The molecule has 0 radical (unpaired) electrons. The minimum atomic E-state index is -0.207. The minimum absolute atomic E-state index is 0.143. The first-order chi connectivity index (χ1) is 7.08. The molecule has 1 unspecified atom stereocenters. The molecule has 0 aliphatic heterocycles. The molecular weight excluding hydrogens is 194 g/mol. The molecule has 0 bridgehead atoms. The Morgan fingerprint density at radius 2 is 2.13 bits per heavy atom. The van der Waals surface area contributed by atoms with E-state index in [-0.39, 0.29) is 24.6 Å². The van der Waals surface area contributed by atoms with Crippen LogP contribution >= 0.6 is 0 Å². The maximum absolute atomic E-state index is 11.5. The van der Waals surface area contributed by atoms with E-state index < -0.39 is 0 Å². The summed E-state index contributed by atoms with van der Waals surface area (Å²) in [5, 5.41) is 8.80. The predicted octanol–water partition coefficient (Wildman–Crippen LogP) is -0.152. The summed E-state index contributed by atoms with van der Waals surface area (Å²) in [5.41, 5.74) is 2.18. The van der Waals surface area contributed by atoms with Gasteiger partial charge in [-0.25, -0.2) is 5.84 Å². The van der Waals surface area contributed by atoms with Gasteiger partial charge in [-0.3, -0.25) is 15.1 Å². The van der Waals surface area contributed by atoms with Gasteiger partial charge in [-0.1, -0.05) is 6.92 Å². The van der Waals surface area contributed by atoms with Gasteiger partial charge in [0, 0.05) is 19.2 Å². The van der Waals surface area contributed by atoms with Crippen LogP contribution in [-0.4, -0.2) is 41.1 Å². The molecule has 15 heavy (non-hydrogen) atoms. The Morgan fingerprint density at radius 3 is 2.47 bits per heavy atom. The van der Waals surface area contributed by atoms with E-state index in [9.17, 15) is 4.79 Å². The lowest BCUT2D eigenvalue weighted by molar-refractivity contribution is -0.127. The molecule has 4 N–H and O–H groups in total. The van der Waals surface area contributed by atoms with Crippen LogP contribution in [0.2, 0.25) is 0 Å². The van der Waals surface area contributed by atoms with Gasteiger partial charge in [0.05, 0.1) is 6.04 Å². The summed E-state index contributed by atoms with van der Waals surface area (Å²) in [7, 11) is 0. The number of rotatable bonds is 7. The van der Waals surface area contributed by atoms with Gasteiger partial charge < -0.3 is 5.11 Å². The summed E-state index contributed by atoms with van der Waals surface area (Å²) in [6.07, 6.45) is 1.39. The van der Waals surface area contributed by atoms with Crippen molar-refractivity contribution in [1.82, 2.24) is 10.3 Å². The maximum Gasteiger partial charge on any atom is 0.251 e. The van der Waals surface area contributed by atoms with Crippen LogP contribution in [-0.2, 0) is 4.79 Å². The summed E-state index contributed by atoms with van der Waals surface area (Å²) in [4.78, 5) is 13.6. The molecule has 90 valence electrons. The number of nitrogens with one attached hydrogen (secondary N) is 1. The number of nitrogens with two attached hydrogens (primary N) is 1. The van der Waals surface area contributed by atoms with Crippen LogP contribution in [0, 0.1) is 0 Å². The number of aliphatic hydroxyl groups excluding tert-OH is 1. The van der Waals surface area contributed by atoms with Crippen molar-refractivity contribution in [3.63, 3.8) is 0 Å². The van der Waals surface area contributed by atoms with E-state index in [1.165, 1.54) is 0 Å². The molecule has 5 heteroatoms. The van der Waals surface area contributed by atoms with Crippen molar-refractivity contribution in [3.05, 3.63) is 0 Å². The average Bonchev–Trinajstić information content (AvgIpc) is 2.22. The van der Waals surface area contributed by atoms with Crippen LogP contribution in [0.4, 0.5) is 0 Å². The second-order valence-corrected chi connectivity index (χ2v) is 3.84. The highest BCUT2D eigenvalue weighted by Gasteiger charge is 2.25. The number of nitrogens with zero attached hydrogens (tertiary/aromatic N) is 1. The fourth-order valence-electron chi connectivity index (χ4n) is 1.69. The Hall–Kier alpha value is -0.650. The molecule has 0 saturated heterocycles. The van der Waals surface area contributed by atoms with Crippen molar-refractivity contribution in [1.29, 1.82) is 0 Å². The van der Waals surface area contributed by atoms with Crippen LogP contribution in [0.25, 0.3) is 0 Å². The van der Waals surface area contributed by atoms with E-state index >= 15 is 0 Å². The monoisotopic (exact) mass is 217 g/mol. The number of hydrogen-bond acceptors (Lipinski definition) is 4. The molecule has 0 aromatic carbocycles. The summed E-state index contributed by atoms with van der Waals surface area (Å²) in [6, 6.07) is 0.0559. The smallest absolute Gasteiger partial charge is 0.251 e. The number of hydrogen-bond donors (Lipinski definition) is 3. The van der Waals surface area contributed by atoms with Gasteiger partial charge >= 0.3 is 0 Å². The van der Waals surface area contributed by atoms with E-state index in [1.807, 2.05) is 20.8 Å². The summed E-state index contributed by atoms with van der Waals surface area (Å²) >= 11 is 0. The molecule has 0 aliphatic carbocycles. The third kappa shape index (κ3) is 4.59. The summed E-state index contributed by atoms with van der Waals surface area (Å²) in [5.74, 6) is 4.98. The van der Waals surface area contributed by atoms with Crippen molar-refractivity contribution in [2.45, 2.75) is 45.7 Å². The van der Waals surface area contributed by atoms with Crippen LogP contribution in [0.1, 0.15) is 33.6 Å². The first kappa shape index (κ1) is 14.3. The van der Waals surface area contributed by atoms with E-state index in [1.54, 1.807) is 0 Å². The van der Waals surface area contributed by atoms with Crippen molar-refractivity contribution in [2.24, 2.45) is 5.84 Å². The Morgan fingerprint density at radius 1 is 1.53 bits per heavy atom. The number of amides is 1. The molecule has 0 aliphatic rings. The van der Waals surface area contributed by atoms with Crippen LogP contribution < -0.4 is 11.3 Å². The molecule has 0 aromatic heterocycles. The molecular formula is C10H23N3O2. The van der Waals surface area contributed by atoms with Gasteiger partial charge in [-0.2, -0.15) is 0 Å². The van der Waals surface area contributed by atoms with Gasteiger partial charge in [0.15, 0.2) is 0 Å². The molecule has 0 fully saturated rings. The highest BCUT2D eigenvalue weighted by atomic mass is 16.3. The van der Waals surface area contributed by atoms with E-state index in [0.29, 0.717) is 19.4 Å². The molecule has 0 aromatic rings. The standard InChI is InChI=1S/C10H23N3O2/c1-4-9(10(15)12-11)13(8(2)3)6-5-7-14/h8-9,14H,4-7,11H2,1-3H3,(H,12,15). The largest absolute Gasteiger partial charge is 0.396 e. The Kier molecular flexibility index (Phi) is 7.29. The van der Waals surface area contributed by atoms with E-state index in [2.05, 4.69) is 10.3 Å². The predicted molar refractivity (Wildman–Crippen MR) is 60.0 cm³/mol. The highest BCUT2D eigenvalue weighted by Crippen LogP contribution is 2.10. The lowest BCUT2D eigenvalue weighted by Gasteiger charge is -2.32. The van der Waals surface area contributed by atoms with Crippen molar-refractivity contribution in [3.8, 4) is 0 Å². The normalized spacial score (nSPS) is 13.3. The third-order valence-electron chi connectivity index (χ3n) is 2.47. The number of aliphatic hydroxyl groups is 1. The first-order valence-corrected chi connectivity index (χ1v) is 5.45. The molecule has 5 nitrogen and oxygen atoms in total.